The quantitative estimate of drug-likeness (QED) is 0.727. The van der Waals surface area contributed by atoms with E-state index in [1.807, 2.05) is 11.3 Å². The van der Waals surface area contributed by atoms with E-state index in [1.165, 1.54) is 30.6 Å². The first-order valence-electron chi connectivity index (χ1n) is 10.0. The molecule has 4 rings (SSSR count). The number of carbonyl (C=O) groups is 1. The predicted molar refractivity (Wildman–Crippen MR) is 103 cm³/mol. The molecule has 9 heteroatoms. The van der Waals surface area contributed by atoms with E-state index in [-0.39, 0.29) is 5.41 Å². The number of ether oxygens (including phenoxy) is 2. The van der Waals surface area contributed by atoms with Crippen molar-refractivity contribution in [2.45, 2.75) is 50.9 Å². The van der Waals surface area contributed by atoms with Gasteiger partial charge in [0.25, 0.3) is 0 Å². The van der Waals surface area contributed by atoms with Gasteiger partial charge in [0, 0.05) is 43.1 Å². The third-order valence-electron chi connectivity index (χ3n) is 5.71. The number of hydrogen-bond donors (Lipinski definition) is 1. The van der Waals surface area contributed by atoms with E-state index in [4.69, 9.17) is 19.4 Å². The molecule has 2 aliphatic heterocycles. The fourth-order valence-corrected chi connectivity index (χ4v) is 4.81. The summed E-state index contributed by atoms with van der Waals surface area (Å²) in [6.45, 7) is 6.20. The maximum atomic E-state index is 10.6. The van der Waals surface area contributed by atoms with Gasteiger partial charge >= 0.3 is 12.1 Å². The van der Waals surface area contributed by atoms with Gasteiger partial charge in [-0.3, -0.25) is 4.90 Å². The molecular formula is C20H28F3NO4S. The number of thiophene rings is 1. The fourth-order valence-electron chi connectivity index (χ4n) is 4.06. The van der Waals surface area contributed by atoms with Gasteiger partial charge in [0.2, 0.25) is 0 Å². The molecule has 1 N–H and O–H groups in total. The van der Waals surface area contributed by atoms with Crippen LogP contribution in [0, 0.1) is 11.3 Å². The molecule has 2 unspecified atom stereocenters. The highest BCUT2D eigenvalue weighted by Gasteiger charge is 2.46. The lowest BCUT2D eigenvalue weighted by atomic mass is 9.73. The SMILES string of the molecule is O=C(O)C(F)(F)F.c1csc(CN2CCC3OCCCC3(COCC3CC3)C2)c1. The molecule has 0 amide bonds. The monoisotopic (exact) mass is 435 g/mol. The Morgan fingerprint density at radius 3 is 2.76 bits per heavy atom. The van der Waals surface area contributed by atoms with Crippen molar-refractivity contribution in [3.05, 3.63) is 22.4 Å². The molecule has 0 aromatic carbocycles. The smallest absolute Gasteiger partial charge is 0.475 e. The van der Waals surface area contributed by atoms with E-state index in [0.29, 0.717) is 6.10 Å². The van der Waals surface area contributed by atoms with Crippen LogP contribution in [0.3, 0.4) is 0 Å². The number of fused-ring (bicyclic) bond motifs is 1. The van der Waals surface area contributed by atoms with Gasteiger partial charge in [-0.2, -0.15) is 13.2 Å². The Morgan fingerprint density at radius 1 is 1.38 bits per heavy atom. The third kappa shape index (κ3) is 6.67. The topological polar surface area (TPSA) is 59.0 Å². The van der Waals surface area contributed by atoms with Crippen LogP contribution in [0.5, 0.6) is 0 Å². The van der Waals surface area contributed by atoms with E-state index in [1.54, 1.807) is 0 Å². The van der Waals surface area contributed by atoms with Crippen LogP contribution >= 0.6 is 11.3 Å². The molecular weight excluding hydrogens is 407 g/mol. The largest absolute Gasteiger partial charge is 0.490 e. The second kappa shape index (κ2) is 9.76. The van der Waals surface area contributed by atoms with Gasteiger partial charge in [-0.05, 0) is 49.5 Å². The minimum Gasteiger partial charge on any atom is -0.475 e. The minimum absolute atomic E-state index is 0.239. The van der Waals surface area contributed by atoms with Crippen molar-refractivity contribution in [3.8, 4) is 0 Å². The van der Waals surface area contributed by atoms with Crippen LogP contribution in [0.1, 0.15) is 37.0 Å². The normalized spacial score (nSPS) is 27.6. The van der Waals surface area contributed by atoms with Crippen molar-refractivity contribution in [3.63, 3.8) is 0 Å². The summed E-state index contributed by atoms with van der Waals surface area (Å²) in [6.07, 6.45) is 1.70. The van der Waals surface area contributed by atoms with E-state index in [0.717, 1.165) is 51.8 Å². The average molecular weight is 436 g/mol. The minimum atomic E-state index is -5.08. The summed E-state index contributed by atoms with van der Waals surface area (Å²) in [5.41, 5.74) is 0.239. The van der Waals surface area contributed by atoms with E-state index < -0.39 is 12.1 Å². The van der Waals surface area contributed by atoms with Crippen LogP contribution in [0.4, 0.5) is 13.2 Å². The van der Waals surface area contributed by atoms with Gasteiger partial charge in [0.15, 0.2) is 0 Å². The van der Waals surface area contributed by atoms with Crippen molar-refractivity contribution < 1.29 is 32.5 Å². The molecule has 1 aliphatic carbocycles. The summed E-state index contributed by atoms with van der Waals surface area (Å²) >= 11 is 1.87. The van der Waals surface area contributed by atoms with Crippen molar-refractivity contribution in [2.24, 2.45) is 11.3 Å². The Morgan fingerprint density at radius 2 is 2.14 bits per heavy atom. The van der Waals surface area contributed by atoms with Gasteiger partial charge < -0.3 is 14.6 Å². The summed E-state index contributed by atoms with van der Waals surface area (Å²) in [5.74, 6) is -1.90. The van der Waals surface area contributed by atoms with Gasteiger partial charge in [-0.25, -0.2) is 4.79 Å². The highest BCUT2D eigenvalue weighted by Crippen LogP contribution is 2.41. The second-order valence-electron chi connectivity index (χ2n) is 8.17. The van der Waals surface area contributed by atoms with E-state index in [9.17, 15) is 13.2 Å². The molecule has 1 aromatic rings. The predicted octanol–water partition coefficient (Wildman–Crippen LogP) is 4.18. The number of halogens is 3. The van der Waals surface area contributed by atoms with Crippen LogP contribution in [0.15, 0.2) is 17.5 Å². The van der Waals surface area contributed by atoms with Crippen LogP contribution in [-0.2, 0) is 20.8 Å². The number of alkyl halides is 3. The first-order valence-corrected chi connectivity index (χ1v) is 10.9. The number of rotatable bonds is 6. The molecule has 0 bridgehead atoms. The molecule has 2 atom stereocenters. The summed E-state index contributed by atoms with van der Waals surface area (Å²) in [6, 6.07) is 4.41. The van der Waals surface area contributed by atoms with Crippen LogP contribution in [0.25, 0.3) is 0 Å². The maximum Gasteiger partial charge on any atom is 0.490 e. The van der Waals surface area contributed by atoms with Crippen LogP contribution in [-0.4, -0.2) is 61.2 Å². The molecule has 164 valence electrons. The Bertz CT molecular complexity index is 651. The average Bonchev–Trinajstić information content (AvgIpc) is 3.35. The Kier molecular flexibility index (Phi) is 7.58. The molecule has 5 nitrogen and oxygen atoms in total. The Hall–Kier alpha value is -1.16. The van der Waals surface area contributed by atoms with Gasteiger partial charge in [-0.15, -0.1) is 11.3 Å². The highest BCUT2D eigenvalue weighted by molar-refractivity contribution is 7.09. The molecule has 0 radical (unpaired) electrons. The van der Waals surface area contributed by atoms with Crippen molar-refractivity contribution in [1.29, 1.82) is 0 Å². The highest BCUT2D eigenvalue weighted by atomic mass is 32.1. The zero-order valence-corrected chi connectivity index (χ0v) is 17.1. The number of carboxylic acids is 1. The lowest BCUT2D eigenvalue weighted by molar-refractivity contribution is -0.192. The fraction of sp³-hybridized carbons (Fsp3) is 0.750. The summed E-state index contributed by atoms with van der Waals surface area (Å²) < 4.78 is 44.0. The first kappa shape index (κ1) is 22.5. The standard InChI is InChI=1S/C18H27NO2S.C2HF3O2/c1-3-16(22-10-1)11-19-8-6-17-18(13-19,7-2-9-21-17)14-20-12-15-4-5-15;3-2(4,5)1(6)7/h1,3,10,15,17H,2,4-9,11-14H2;(H,6,7). The third-order valence-corrected chi connectivity index (χ3v) is 6.57. The lowest BCUT2D eigenvalue weighted by Crippen LogP contribution is -2.56. The first-order chi connectivity index (χ1) is 13.8. The summed E-state index contributed by atoms with van der Waals surface area (Å²) in [5, 5.41) is 9.31. The van der Waals surface area contributed by atoms with Gasteiger partial charge in [0.1, 0.15) is 0 Å². The molecule has 29 heavy (non-hydrogen) atoms. The van der Waals surface area contributed by atoms with Crippen molar-refractivity contribution in [2.75, 3.05) is 32.9 Å². The lowest BCUT2D eigenvalue weighted by Gasteiger charge is -2.50. The number of aliphatic carboxylic acids is 1. The maximum absolute atomic E-state index is 10.6. The summed E-state index contributed by atoms with van der Waals surface area (Å²) in [4.78, 5) is 13.0. The van der Waals surface area contributed by atoms with Crippen LogP contribution in [0.2, 0.25) is 0 Å². The molecule has 3 aliphatic rings. The zero-order valence-electron chi connectivity index (χ0n) is 16.3. The summed E-state index contributed by atoms with van der Waals surface area (Å²) in [7, 11) is 0. The molecule has 3 fully saturated rings. The van der Waals surface area contributed by atoms with E-state index >= 15 is 0 Å². The Labute approximate surface area is 172 Å². The molecule has 0 spiro atoms. The number of nitrogens with zero attached hydrogens (tertiary/aromatic N) is 1. The van der Waals surface area contributed by atoms with Gasteiger partial charge in [0.05, 0.1) is 12.7 Å². The number of likely N-dealkylation sites (tertiary alicyclic amines) is 1. The molecule has 2 saturated heterocycles. The number of piperidine rings is 1. The molecule has 1 saturated carbocycles. The second-order valence-corrected chi connectivity index (χ2v) is 9.20. The van der Waals surface area contributed by atoms with Crippen molar-refractivity contribution >= 4 is 17.3 Å². The van der Waals surface area contributed by atoms with Crippen molar-refractivity contribution in [1.82, 2.24) is 4.90 Å². The Balaban J connectivity index is 0.000000298. The zero-order chi connectivity index (χ0) is 20.9. The van der Waals surface area contributed by atoms with Crippen LogP contribution < -0.4 is 0 Å². The molecule has 3 heterocycles. The number of hydrogen-bond acceptors (Lipinski definition) is 5. The van der Waals surface area contributed by atoms with E-state index in [2.05, 4.69) is 22.4 Å². The number of carboxylic acid groups (broad SMARTS) is 1. The molecule has 1 aromatic heterocycles. The van der Waals surface area contributed by atoms with Gasteiger partial charge in [-0.1, -0.05) is 6.07 Å².